The lowest BCUT2D eigenvalue weighted by molar-refractivity contribution is -0.336. The molecule has 8 N–H and O–H groups in total. The molecule has 1 saturated carbocycles. The van der Waals surface area contributed by atoms with Crippen molar-refractivity contribution in [2.75, 3.05) is 54.5 Å². The van der Waals surface area contributed by atoms with Crippen LogP contribution in [0.5, 0.6) is 17.2 Å². The molecule has 5 fully saturated rings. The van der Waals surface area contributed by atoms with Crippen molar-refractivity contribution in [2.45, 2.75) is 206 Å². The Labute approximate surface area is 539 Å². The fraction of sp³-hybridized carbons (Fsp3) is 0.683. The minimum absolute atomic E-state index is 0.0109. The van der Waals surface area contributed by atoms with E-state index in [1.165, 1.54) is 39.9 Å². The van der Waals surface area contributed by atoms with Crippen LogP contribution in [0, 0.1) is 34.2 Å². The van der Waals surface area contributed by atoms with Crippen LogP contribution in [-0.2, 0) is 52.3 Å². The molecule has 28 heteroatoms. The fourth-order valence-electron chi connectivity index (χ4n) is 11.7. The van der Waals surface area contributed by atoms with Crippen LogP contribution in [0.15, 0.2) is 35.1 Å². The van der Waals surface area contributed by atoms with E-state index in [4.69, 9.17) is 61.7 Å². The highest BCUT2D eigenvalue weighted by Gasteiger charge is 2.52. The third-order valence-corrected chi connectivity index (χ3v) is 21.9. The van der Waals surface area contributed by atoms with Crippen molar-refractivity contribution >= 4 is 72.9 Å². The summed E-state index contributed by atoms with van der Waals surface area (Å²) < 4.78 is 72.9. The van der Waals surface area contributed by atoms with Gasteiger partial charge in [-0.05, 0) is 87.4 Å². The number of carbonyl (C=O) groups excluding carboxylic acids is 3. The van der Waals surface area contributed by atoms with Gasteiger partial charge in [0.25, 0.3) is 0 Å². The Balaban J connectivity index is 1.02. The molecule has 88 heavy (non-hydrogen) atoms. The van der Waals surface area contributed by atoms with Crippen molar-refractivity contribution in [3.63, 3.8) is 0 Å². The van der Waals surface area contributed by atoms with Crippen molar-refractivity contribution in [3.8, 4) is 40.9 Å². The van der Waals surface area contributed by atoms with Crippen molar-refractivity contribution < 1.29 is 102 Å². The molecule has 2 bridgehead atoms. The first-order chi connectivity index (χ1) is 42.2. The summed E-state index contributed by atoms with van der Waals surface area (Å²) in [6.07, 6.45) is -7.89. The number of nitrogens with one attached hydrogen (secondary N) is 3. The van der Waals surface area contributed by atoms with E-state index in [0.29, 0.717) is 26.7 Å². The lowest BCUT2D eigenvalue weighted by atomic mass is 9.75. The maximum absolute atomic E-state index is 14.5. The van der Waals surface area contributed by atoms with Crippen LogP contribution >= 0.6 is 55.9 Å². The highest BCUT2D eigenvalue weighted by atomic mass is 127. The van der Waals surface area contributed by atoms with Gasteiger partial charge in [0.2, 0.25) is 17.2 Å². The van der Waals surface area contributed by atoms with Crippen LogP contribution in [-0.4, -0.2) is 217 Å². The van der Waals surface area contributed by atoms with Crippen molar-refractivity contribution in [2.24, 2.45) is 0 Å². The van der Waals surface area contributed by atoms with Gasteiger partial charge in [-0.2, -0.15) is 5.48 Å². The van der Waals surface area contributed by atoms with Crippen LogP contribution < -0.4 is 30.3 Å². The summed E-state index contributed by atoms with van der Waals surface area (Å²) in [5.41, 5.74) is 1.41. The van der Waals surface area contributed by atoms with E-state index in [9.17, 15) is 39.9 Å². The summed E-state index contributed by atoms with van der Waals surface area (Å²) in [5, 5.41) is 63.6. The second-order valence-corrected chi connectivity index (χ2v) is 27.1. The Hall–Kier alpha value is -3.29. The zero-order valence-electron chi connectivity index (χ0n) is 50.9. The smallest absolute Gasteiger partial charge is 0.411 e. The molecule has 4 heterocycles. The number of amides is 1. The van der Waals surface area contributed by atoms with E-state index in [1.807, 2.05) is 29.5 Å². The molecule has 24 nitrogen and oxygen atoms in total. The molecule has 4 saturated heterocycles. The number of Topliss-reactive ketones (excluding diaryl/α,β-unsaturated/α-hetero) is 1. The first kappa shape index (κ1) is 70.6. The highest BCUT2D eigenvalue weighted by molar-refractivity contribution is 14.1. The fourth-order valence-corrected chi connectivity index (χ4v) is 16.1. The van der Waals surface area contributed by atoms with Crippen LogP contribution in [0.25, 0.3) is 0 Å². The quantitative estimate of drug-likeness (QED) is 0.0265. The van der Waals surface area contributed by atoms with E-state index in [1.54, 1.807) is 62.5 Å². The maximum Gasteiger partial charge on any atom is 0.411 e. The third kappa shape index (κ3) is 16.4. The van der Waals surface area contributed by atoms with Crippen LogP contribution in [0.2, 0.25) is 0 Å². The average molecular weight is 1400 g/mol. The number of allylic oxidation sites excluding steroid dienone is 3. The lowest BCUT2D eigenvalue weighted by Gasteiger charge is -2.46. The zero-order chi connectivity index (χ0) is 63.6. The molecule has 0 spiro atoms. The summed E-state index contributed by atoms with van der Waals surface area (Å²) in [5.74, 6) is 11.6. The van der Waals surface area contributed by atoms with Gasteiger partial charge < -0.3 is 87.7 Å². The van der Waals surface area contributed by atoms with Crippen LogP contribution in [0.3, 0.4) is 0 Å². The van der Waals surface area contributed by atoms with Gasteiger partial charge in [-0.1, -0.05) is 89.3 Å². The second-order valence-electron chi connectivity index (χ2n) is 22.2. The van der Waals surface area contributed by atoms with Gasteiger partial charge in [-0.15, -0.1) is 0 Å². The lowest BCUT2D eigenvalue weighted by Crippen LogP contribution is -2.65. The number of rotatable bonds is 22. The molecule has 7 aliphatic rings. The van der Waals surface area contributed by atoms with E-state index in [2.05, 4.69) is 39.8 Å². The van der Waals surface area contributed by atoms with E-state index in [0.717, 1.165) is 44.6 Å². The van der Waals surface area contributed by atoms with Crippen molar-refractivity contribution in [1.82, 2.24) is 16.1 Å². The number of benzene rings is 1. The van der Waals surface area contributed by atoms with Gasteiger partial charge >= 0.3 is 6.09 Å². The number of ether oxygens (including phenoxy) is 12. The normalized spacial score (nSPS) is 35.7. The zero-order valence-corrected chi connectivity index (χ0v) is 55.5. The number of fused-ring (bicyclic) bond motifs is 2. The summed E-state index contributed by atoms with van der Waals surface area (Å²) in [7, 11) is 10.2. The van der Waals surface area contributed by atoms with Crippen molar-refractivity contribution in [3.05, 3.63) is 49.8 Å². The molecular weight excluding hydrogens is 1320 g/mol. The number of hydrogen-bond donors (Lipinski definition) is 8. The number of methoxy groups -OCH3 is 5. The minimum Gasteiger partial charge on any atom is -0.492 e. The highest BCUT2D eigenvalue weighted by Crippen LogP contribution is 2.49. The largest absolute Gasteiger partial charge is 0.492 e. The predicted molar refractivity (Wildman–Crippen MR) is 333 cm³/mol. The Morgan fingerprint density at radius 3 is 2.26 bits per heavy atom. The Morgan fingerprint density at radius 2 is 1.58 bits per heavy atom. The topological polar surface area (TPSA) is 308 Å². The number of thioether (sulfide) groups is 1. The third-order valence-electron chi connectivity index (χ3n) is 16.4. The monoisotopic (exact) mass is 1400 g/mol. The van der Waals surface area contributed by atoms with Gasteiger partial charge in [0.15, 0.2) is 41.8 Å². The number of aliphatic hydroxyl groups excluding tert-OH is 4. The van der Waals surface area contributed by atoms with E-state index < -0.39 is 127 Å². The van der Waals surface area contributed by atoms with Crippen molar-refractivity contribution in [1.29, 1.82) is 0 Å². The number of alkyl carbamates (subject to hydrolysis) is 1. The maximum atomic E-state index is 14.5. The molecule has 488 valence electrons. The summed E-state index contributed by atoms with van der Waals surface area (Å²) in [6.45, 7) is 9.45. The van der Waals surface area contributed by atoms with Crippen LogP contribution in [0.4, 0.5) is 4.79 Å². The van der Waals surface area contributed by atoms with Gasteiger partial charge in [0.05, 0.1) is 97.0 Å². The molecule has 0 aromatic heterocycles. The van der Waals surface area contributed by atoms with Gasteiger partial charge in [0.1, 0.15) is 36.6 Å². The Morgan fingerprint density at radius 1 is 0.852 bits per heavy atom. The second kappa shape index (κ2) is 32.5. The first-order valence-corrected chi connectivity index (χ1v) is 33.7. The first-order valence-electron chi connectivity index (χ1n) is 29.4. The van der Waals surface area contributed by atoms with E-state index >= 15 is 0 Å². The molecule has 1 amide bonds. The van der Waals surface area contributed by atoms with E-state index in [-0.39, 0.29) is 71.2 Å². The number of likely N-dealkylation sites (N-methyl/N-ethyl adjacent to an activating group) is 1. The average Bonchev–Trinajstić information content (AvgIpc) is 2.97. The molecular formula is C60H82IN3O21S3. The SMILES string of the molecule is CCN[C@H]1CO[C@@H](O[C@H]2[C@H](O[C@H]3C#CC=CC#C[C@]4(O)CC(=O)C(NC(=O)OC)=C3/C4=C\CSSC3CCCCC3)O[C@H](C)[C@@H](NO[C@H]3C[C@H](O)[C@H](SC(=O)c4c(C)c(I)c(O[C@@H]5O[C@@H](C)[C@H](O)[C@@H](OC)[C@H]5O)c(OC)c4OC)[C@@H](C)O3)[C@@H]2O)C[C@@H]1OC. The molecule has 8 rings (SSSR count). The standard InChI is InChI=1S/C60H82IN3O21S3/c1-11-62-35-28-78-40(26-39(35)73-6)83-53-48(68)45(30(3)80-58(53)82-38-21-17-12-13-18-23-60(72)27-37(66)46(63-59(71)77-10)43(38)34(60)22-24-86-88-33-19-15-14-16-20-33)64-85-41-25-36(65)55(32(5)79-41)87-56(70)42-29(2)44(61)51(54(76-9)50(42)74-7)84-57-49(69)52(75-8)47(67)31(4)81-57/h12-13,22,30-33,35-36,38-41,45,47-49,52-53,55,57-58,62,64-65,67-69,72H,11,14-16,19-20,24-28H2,1-10H3,(H,63,71)/b13-12?,34-22+/t30-,31+,32-,35+,36+,38+,39+,40+,41+,45-,47+,48+,49-,52-,53-,55-,57+,58+,60+/m1/s1. The van der Waals surface area contributed by atoms with Gasteiger partial charge in [-0.25, -0.2) is 4.79 Å². The molecule has 1 aromatic rings. The molecule has 4 aliphatic heterocycles. The summed E-state index contributed by atoms with van der Waals surface area (Å²) in [4.78, 5) is 47.9. The Kier molecular flexibility index (Phi) is 26.1. The minimum atomic E-state index is -2.05. The van der Waals surface area contributed by atoms with Crippen LogP contribution in [0.1, 0.15) is 95.0 Å². The molecule has 1 aromatic carbocycles. The number of ketones is 1. The molecule has 19 atom stereocenters. The molecule has 0 radical (unpaired) electrons. The number of carbonyl (C=O) groups is 3. The summed E-state index contributed by atoms with van der Waals surface area (Å²) >= 11 is 2.84. The van der Waals surface area contributed by atoms with Gasteiger partial charge in [-0.3, -0.25) is 19.7 Å². The Bertz CT molecular complexity index is 2830. The number of halogens is 1. The van der Waals surface area contributed by atoms with Gasteiger partial charge in [0, 0.05) is 49.2 Å². The number of aliphatic hydroxyl groups is 5. The predicted octanol–water partition coefficient (Wildman–Crippen LogP) is 4.25. The number of hydrogen-bond acceptors (Lipinski definition) is 26. The molecule has 0 unspecified atom stereocenters. The number of hydroxylamine groups is 1. The molecule has 3 aliphatic carbocycles. The summed E-state index contributed by atoms with van der Waals surface area (Å²) in [6, 6.07) is -1.26.